The van der Waals surface area contributed by atoms with E-state index < -0.39 is 0 Å². The normalized spacial score (nSPS) is 35.6. The summed E-state index contributed by atoms with van der Waals surface area (Å²) in [6.45, 7) is 11.3. The fourth-order valence-electron chi connectivity index (χ4n) is 2.76. The fraction of sp³-hybridized carbons (Fsp3) is 1.00. The number of hydrogen-bond donors (Lipinski definition) is 0. The maximum Gasteiger partial charge on any atom is 0.0635 e. The van der Waals surface area contributed by atoms with Gasteiger partial charge in [-0.2, -0.15) is 0 Å². The molecule has 3 nitrogen and oxygen atoms in total. The van der Waals surface area contributed by atoms with E-state index in [1.165, 1.54) is 26.1 Å². The maximum atomic E-state index is 5.55. The second kappa shape index (κ2) is 4.60. The third kappa shape index (κ3) is 2.10. The molecule has 2 aliphatic rings. The van der Waals surface area contributed by atoms with E-state index in [-0.39, 0.29) is 1.43 Å². The van der Waals surface area contributed by atoms with Crippen molar-refractivity contribution in [3.63, 3.8) is 0 Å². The Morgan fingerprint density at radius 3 is 3.07 bits per heavy atom. The largest absolute Gasteiger partial charge is 0.378 e. The molecule has 0 aromatic rings. The number of nitrogens with zero attached hydrogens (tertiary/aromatic N) is 2. The van der Waals surface area contributed by atoms with Crippen molar-refractivity contribution in [2.45, 2.75) is 32.4 Å². The van der Waals surface area contributed by atoms with Gasteiger partial charge in [-0.05, 0) is 19.9 Å². The highest BCUT2D eigenvalue weighted by molar-refractivity contribution is 4.88. The molecule has 1 unspecified atom stereocenters. The van der Waals surface area contributed by atoms with Gasteiger partial charge in [0, 0.05) is 33.1 Å². The van der Waals surface area contributed by atoms with Crippen molar-refractivity contribution in [2.75, 3.05) is 39.4 Å². The first-order chi connectivity index (χ1) is 6.81. The van der Waals surface area contributed by atoms with E-state index in [1.807, 2.05) is 0 Å². The highest BCUT2D eigenvalue weighted by Gasteiger charge is 2.33. The minimum atomic E-state index is 0. The van der Waals surface area contributed by atoms with E-state index in [1.54, 1.807) is 0 Å². The maximum absolute atomic E-state index is 5.55. The SMILES string of the molecule is CCCN1CC2COCCN2[C@H](C)C1.[HH]. The average Bonchev–Trinajstić information content (AvgIpc) is 2.18. The van der Waals surface area contributed by atoms with Gasteiger partial charge in [-0.3, -0.25) is 4.90 Å². The topological polar surface area (TPSA) is 15.7 Å². The van der Waals surface area contributed by atoms with E-state index >= 15 is 0 Å². The number of hydrogen-bond acceptors (Lipinski definition) is 3. The number of rotatable bonds is 2. The lowest BCUT2D eigenvalue weighted by molar-refractivity contribution is -0.0679. The summed E-state index contributed by atoms with van der Waals surface area (Å²) >= 11 is 0. The van der Waals surface area contributed by atoms with Crippen LogP contribution in [0.3, 0.4) is 0 Å². The Morgan fingerprint density at radius 2 is 2.29 bits per heavy atom. The van der Waals surface area contributed by atoms with Gasteiger partial charge in [-0.1, -0.05) is 6.92 Å². The molecule has 14 heavy (non-hydrogen) atoms. The van der Waals surface area contributed by atoms with Crippen LogP contribution in [-0.4, -0.2) is 61.3 Å². The molecular formula is C11H24N2O. The molecule has 0 aromatic heterocycles. The van der Waals surface area contributed by atoms with Crippen molar-refractivity contribution in [2.24, 2.45) is 0 Å². The molecule has 0 aromatic carbocycles. The van der Waals surface area contributed by atoms with Gasteiger partial charge in [0.15, 0.2) is 0 Å². The third-order valence-corrected chi connectivity index (χ3v) is 3.37. The van der Waals surface area contributed by atoms with Crippen LogP contribution in [0.4, 0.5) is 0 Å². The molecule has 2 fully saturated rings. The molecule has 2 saturated heterocycles. The van der Waals surface area contributed by atoms with Gasteiger partial charge in [0.05, 0.1) is 13.2 Å². The van der Waals surface area contributed by atoms with Crippen molar-refractivity contribution >= 4 is 0 Å². The van der Waals surface area contributed by atoms with E-state index in [9.17, 15) is 0 Å². The highest BCUT2D eigenvalue weighted by Crippen LogP contribution is 2.18. The molecule has 2 atom stereocenters. The van der Waals surface area contributed by atoms with E-state index in [0.717, 1.165) is 19.8 Å². The van der Waals surface area contributed by atoms with Crippen molar-refractivity contribution < 1.29 is 6.16 Å². The zero-order valence-corrected chi connectivity index (χ0v) is 9.41. The van der Waals surface area contributed by atoms with Crippen molar-refractivity contribution in [3.05, 3.63) is 0 Å². The summed E-state index contributed by atoms with van der Waals surface area (Å²) in [6, 6.07) is 1.36. The van der Waals surface area contributed by atoms with Crippen LogP contribution < -0.4 is 0 Å². The Labute approximate surface area is 88.5 Å². The van der Waals surface area contributed by atoms with E-state index in [2.05, 4.69) is 23.6 Å². The number of morpholine rings is 1. The Balaban J connectivity index is 0.00000112. The van der Waals surface area contributed by atoms with Gasteiger partial charge < -0.3 is 9.64 Å². The van der Waals surface area contributed by atoms with Gasteiger partial charge >= 0.3 is 0 Å². The van der Waals surface area contributed by atoms with Gasteiger partial charge in [0.25, 0.3) is 0 Å². The second-order valence-electron chi connectivity index (χ2n) is 4.58. The summed E-state index contributed by atoms with van der Waals surface area (Å²) in [5, 5.41) is 0. The monoisotopic (exact) mass is 200 g/mol. The minimum absolute atomic E-state index is 0. The first-order valence-electron chi connectivity index (χ1n) is 5.87. The van der Waals surface area contributed by atoms with Crippen LogP contribution in [0.2, 0.25) is 0 Å². The third-order valence-electron chi connectivity index (χ3n) is 3.37. The summed E-state index contributed by atoms with van der Waals surface area (Å²) in [5.41, 5.74) is 0. The number of fused-ring (bicyclic) bond motifs is 1. The zero-order chi connectivity index (χ0) is 9.97. The molecule has 0 amide bonds. The van der Waals surface area contributed by atoms with E-state index in [0.29, 0.717) is 12.1 Å². The molecule has 0 N–H and O–H groups in total. The molecule has 84 valence electrons. The molecule has 2 rings (SSSR count). The minimum Gasteiger partial charge on any atom is -0.378 e. The predicted molar refractivity (Wildman–Crippen MR) is 59.6 cm³/mol. The lowest BCUT2D eigenvalue weighted by atomic mass is 10.1. The Bertz CT molecular complexity index is 191. The van der Waals surface area contributed by atoms with Gasteiger partial charge in [-0.25, -0.2) is 0 Å². The predicted octanol–water partition coefficient (Wildman–Crippen LogP) is 1.05. The first kappa shape index (κ1) is 10.4. The molecule has 0 aliphatic carbocycles. The summed E-state index contributed by atoms with van der Waals surface area (Å²) in [5.74, 6) is 0. The van der Waals surface area contributed by atoms with E-state index in [4.69, 9.17) is 4.74 Å². The molecule has 0 spiro atoms. The van der Waals surface area contributed by atoms with Crippen molar-refractivity contribution in [3.8, 4) is 0 Å². The second-order valence-corrected chi connectivity index (χ2v) is 4.58. The smallest absolute Gasteiger partial charge is 0.0635 e. The van der Waals surface area contributed by atoms with Crippen molar-refractivity contribution in [1.29, 1.82) is 0 Å². The van der Waals surface area contributed by atoms with Crippen LogP contribution in [-0.2, 0) is 4.74 Å². The van der Waals surface area contributed by atoms with Gasteiger partial charge in [-0.15, -0.1) is 0 Å². The summed E-state index contributed by atoms with van der Waals surface area (Å²) in [6.07, 6.45) is 1.26. The molecular weight excluding hydrogens is 176 g/mol. The summed E-state index contributed by atoms with van der Waals surface area (Å²) in [7, 11) is 0. The summed E-state index contributed by atoms with van der Waals surface area (Å²) < 4.78 is 5.55. The lowest BCUT2D eigenvalue weighted by Gasteiger charge is -2.47. The van der Waals surface area contributed by atoms with Crippen LogP contribution >= 0.6 is 0 Å². The van der Waals surface area contributed by atoms with Crippen LogP contribution in [0, 0.1) is 0 Å². The molecule has 2 aliphatic heterocycles. The molecule has 0 radical (unpaired) electrons. The molecule has 3 heteroatoms. The standard InChI is InChI=1S/C11H22N2O.H2/c1-3-4-12-7-10(2)13-5-6-14-9-11(13)8-12;/h10-11H,3-9H2,1-2H3;1H/t10-,11?;/m1./s1. The van der Waals surface area contributed by atoms with Crippen molar-refractivity contribution in [1.82, 2.24) is 9.80 Å². The summed E-state index contributed by atoms with van der Waals surface area (Å²) in [4.78, 5) is 5.20. The Kier molecular flexibility index (Phi) is 3.42. The van der Waals surface area contributed by atoms with Crippen LogP contribution in [0.15, 0.2) is 0 Å². The first-order valence-corrected chi connectivity index (χ1v) is 5.87. The van der Waals surface area contributed by atoms with Crippen LogP contribution in [0.5, 0.6) is 0 Å². The van der Waals surface area contributed by atoms with Crippen LogP contribution in [0.25, 0.3) is 0 Å². The molecule has 0 saturated carbocycles. The Hall–Kier alpha value is -0.120. The molecule has 2 heterocycles. The zero-order valence-electron chi connectivity index (χ0n) is 9.41. The quantitative estimate of drug-likeness (QED) is 0.662. The van der Waals surface area contributed by atoms with Gasteiger partial charge in [0.2, 0.25) is 0 Å². The fourth-order valence-corrected chi connectivity index (χ4v) is 2.76. The average molecular weight is 200 g/mol. The Morgan fingerprint density at radius 1 is 1.43 bits per heavy atom. The lowest BCUT2D eigenvalue weighted by Crippen LogP contribution is -2.61. The van der Waals surface area contributed by atoms with Crippen LogP contribution in [0.1, 0.15) is 21.7 Å². The number of piperazine rings is 1. The molecule has 0 bridgehead atoms. The van der Waals surface area contributed by atoms with Gasteiger partial charge in [0.1, 0.15) is 0 Å². The number of ether oxygens (including phenoxy) is 1. The highest BCUT2D eigenvalue weighted by atomic mass is 16.5.